The minimum atomic E-state index is -0.373. The van der Waals surface area contributed by atoms with Crippen LogP contribution in [-0.4, -0.2) is 36.1 Å². The van der Waals surface area contributed by atoms with Gasteiger partial charge in [-0.15, -0.1) is 0 Å². The third-order valence-corrected chi connectivity index (χ3v) is 3.98. The second kappa shape index (κ2) is 7.57. The van der Waals surface area contributed by atoms with Crippen molar-refractivity contribution in [1.82, 2.24) is 4.90 Å². The molecular formula is C13H19BrN2O3. The summed E-state index contributed by atoms with van der Waals surface area (Å²) in [6.07, 6.45) is 0. The highest BCUT2D eigenvalue weighted by molar-refractivity contribution is 9.10. The Morgan fingerprint density at radius 3 is 2.74 bits per heavy atom. The number of ether oxygens (including phenoxy) is 1. The van der Waals surface area contributed by atoms with Gasteiger partial charge in [-0.25, -0.2) is 0 Å². The van der Waals surface area contributed by atoms with Gasteiger partial charge in [-0.1, -0.05) is 19.1 Å². The van der Waals surface area contributed by atoms with Crippen molar-refractivity contribution < 1.29 is 9.66 Å². The van der Waals surface area contributed by atoms with Crippen molar-refractivity contribution in [1.29, 1.82) is 0 Å². The van der Waals surface area contributed by atoms with Crippen molar-refractivity contribution in [3.63, 3.8) is 0 Å². The van der Waals surface area contributed by atoms with Gasteiger partial charge in [0.1, 0.15) is 0 Å². The molecule has 0 aliphatic carbocycles. The van der Waals surface area contributed by atoms with Crippen LogP contribution in [0.15, 0.2) is 22.7 Å². The van der Waals surface area contributed by atoms with E-state index >= 15 is 0 Å². The molecule has 1 aromatic carbocycles. The van der Waals surface area contributed by atoms with E-state index in [1.165, 1.54) is 6.07 Å². The largest absolute Gasteiger partial charge is 0.383 e. The summed E-state index contributed by atoms with van der Waals surface area (Å²) in [6, 6.07) is 5.38. The lowest BCUT2D eigenvalue weighted by molar-refractivity contribution is -0.385. The topological polar surface area (TPSA) is 55.6 Å². The molecule has 0 heterocycles. The second-order valence-electron chi connectivity index (χ2n) is 4.37. The Hall–Kier alpha value is -0.980. The maximum absolute atomic E-state index is 10.9. The molecule has 1 rings (SSSR count). The van der Waals surface area contributed by atoms with E-state index in [1.807, 2.05) is 6.07 Å². The van der Waals surface area contributed by atoms with Crippen LogP contribution < -0.4 is 0 Å². The van der Waals surface area contributed by atoms with E-state index in [-0.39, 0.29) is 16.7 Å². The van der Waals surface area contributed by atoms with E-state index < -0.39 is 0 Å². The minimum absolute atomic E-state index is 0.105. The van der Waals surface area contributed by atoms with E-state index in [0.29, 0.717) is 17.6 Å². The molecule has 0 aliphatic rings. The molecule has 0 radical (unpaired) electrons. The average molecular weight is 331 g/mol. The Morgan fingerprint density at radius 2 is 2.21 bits per heavy atom. The van der Waals surface area contributed by atoms with Gasteiger partial charge in [-0.3, -0.25) is 15.0 Å². The van der Waals surface area contributed by atoms with Crippen molar-refractivity contribution >= 4 is 21.6 Å². The fourth-order valence-electron chi connectivity index (χ4n) is 1.97. The van der Waals surface area contributed by atoms with Gasteiger partial charge in [-0.05, 0) is 35.0 Å². The predicted molar refractivity (Wildman–Crippen MR) is 78.2 cm³/mol. The summed E-state index contributed by atoms with van der Waals surface area (Å²) in [7, 11) is 1.67. The lowest BCUT2D eigenvalue weighted by Gasteiger charge is -2.27. The summed E-state index contributed by atoms with van der Waals surface area (Å²) >= 11 is 3.33. The zero-order chi connectivity index (χ0) is 14.4. The van der Waals surface area contributed by atoms with Gasteiger partial charge in [0.15, 0.2) is 0 Å². The quantitative estimate of drug-likeness (QED) is 0.569. The van der Waals surface area contributed by atoms with Crippen LogP contribution in [0.3, 0.4) is 0 Å². The van der Waals surface area contributed by atoms with Crippen molar-refractivity contribution in [3.05, 3.63) is 38.3 Å². The highest BCUT2D eigenvalue weighted by atomic mass is 79.9. The Labute approximate surface area is 121 Å². The molecule has 1 unspecified atom stereocenters. The van der Waals surface area contributed by atoms with Crippen molar-refractivity contribution in [2.24, 2.45) is 0 Å². The molecule has 0 spiro atoms. The molecule has 0 fully saturated rings. The molecule has 0 N–H and O–H groups in total. The van der Waals surface area contributed by atoms with Gasteiger partial charge in [0.25, 0.3) is 5.69 Å². The average Bonchev–Trinajstić information content (AvgIpc) is 2.37. The lowest BCUT2D eigenvalue weighted by atomic mass is 10.1. The van der Waals surface area contributed by atoms with Gasteiger partial charge < -0.3 is 4.74 Å². The van der Waals surface area contributed by atoms with E-state index in [0.717, 1.165) is 12.1 Å². The number of rotatable bonds is 7. The van der Waals surface area contributed by atoms with Gasteiger partial charge in [-0.2, -0.15) is 0 Å². The van der Waals surface area contributed by atoms with Crippen LogP contribution in [0.2, 0.25) is 0 Å². The van der Waals surface area contributed by atoms with E-state index in [9.17, 15) is 10.1 Å². The highest BCUT2D eigenvalue weighted by Gasteiger charge is 2.18. The molecule has 0 bridgehead atoms. The molecule has 0 saturated heterocycles. The Kier molecular flexibility index (Phi) is 6.41. The predicted octanol–water partition coefficient (Wildman–Crippen LogP) is 3.21. The number of hydrogen-bond acceptors (Lipinski definition) is 4. The van der Waals surface area contributed by atoms with Crippen molar-refractivity contribution in [2.75, 3.05) is 20.3 Å². The van der Waals surface area contributed by atoms with Crippen LogP contribution in [0.5, 0.6) is 0 Å². The van der Waals surface area contributed by atoms with Crippen molar-refractivity contribution in [3.8, 4) is 0 Å². The second-order valence-corrected chi connectivity index (χ2v) is 5.17. The van der Waals surface area contributed by atoms with Crippen LogP contribution >= 0.6 is 15.9 Å². The molecule has 0 amide bonds. The third-order valence-electron chi connectivity index (χ3n) is 3.07. The standard InChI is InChI=1S/C13H19BrN2O3/c1-4-15(10(2)9-19-3)8-11-6-5-7-12(13(11)14)16(17)18/h5-7,10H,4,8-9H2,1-3H3. The molecule has 0 saturated carbocycles. The molecule has 0 aliphatic heterocycles. The summed E-state index contributed by atoms with van der Waals surface area (Å²) in [4.78, 5) is 12.8. The third kappa shape index (κ3) is 4.26. The van der Waals surface area contributed by atoms with Gasteiger partial charge >= 0.3 is 0 Å². The lowest BCUT2D eigenvalue weighted by Crippen LogP contribution is -2.35. The summed E-state index contributed by atoms with van der Waals surface area (Å²) in [5, 5.41) is 10.9. The van der Waals surface area contributed by atoms with Gasteiger partial charge in [0.2, 0.25) is 0 Å². The van der Waals surface area contributed by atoms with Crippen molar-refractivity contribution in [2.45, 2.75) is 26.4 Å². The maximum Gasteiger partial charge on any atom is 0.283 e. The zero-order valence-corrected chi connectivity index (χ0v) is 13.0. The molecule has 106 valence electrons. The zero-order valence-electron chi connectivity index (χ0n) is 11.4. The van der Waals surface area contributed by atoms with Crippen LogP contribution in [0.4, 0.5) is 5.69 Å². The summed E-state index contributed by atoms with van der Waals surface area (Å²) in [5.74, 6) is 0. The number of hydrogen-bond donors (Lipinski definition) is 0. The molecule has 6 heteroatoms. The molecule has 1 atom stereocenters. The first-order valence-electron chi connectivity index (χ1n) is 6.16. The first-order valence-corrected chi connectivity index (χ1v) is 6.95. The SMILES string of the molecule is CCN(Cc1cccc([N+](=O)[O-])c1Br)C(C)COC. The van der Waals surface area contributed by atoms with E-state index in [1.54, 1.807) is 13.2 Å². The summed E-state index contributed by atoms with van der Waals surface area (Å²) < 4.78 is 5.71. The first-order chi connectivity index (χ1) is 9.01. The Balaban J connectivity index is 2.91. The number of nitrogens with zero attached hydrogens (tertiary/aromatic N) is 2. The number of benzene rings is 1. The number of likely N-dealkylation sites (N-methyl/N-ethyl adjacent to an activating group) is 1. The fourth-order valence-corrected chi connectivity index (χ4v) is 2.51. The van der Waals surface area contributed by atoms with E-state index in [4.69, 9.17) is 4.74 Å². The molecule has 5 nitrogen and oxygen atoms in total. The normalized spacial score (nSPS) is 12.7. The number of nitro benzene ring substituents is 1. The highest BCUT2D eigenvalue weighted by Crippen LogP contribution is 2.29. The van der Waals surface area contributed by atoms with E-state index in [2.05, 4.69) is 34.7 Å². The summed E-state index contributed by atoms with van der Waals surface area (Å²) in [5.41, 5.74) is 1.02. The Morgan fingerprint density at radius 1 is 1.53 bits per heavy atom. The molecule has 19 heavy (non-hydrogen) atoms. The molecule has 0 aromatic heterocycles. The van der Waals surface area contributed by atoms with Crippen LogP contribution in [0.1, 0.15) is 19.4 Å². The first kappa shape index (κ1) is 16.1. The monoisotopic (exact) mass is 330 g/mol. The van der Waals surface area contributed by atoms with Gasteiger partial charge in [0.05, 0.1) is 16.0 Å². The number of halogens is 1. The van der Waals surface area contributed by atoms with Crippen LogP contribution in [0.25, 0.3) is 0 Å². The summed E-state index contributed by atoms with van der Waals surface area (Å²) in [6.45, 7) is 6.30. The minimum Gasteiger partial charge on any atom is -0.383 e. The molecular weight excluding hydrogens is 312 g/mol. The number of methoxy groups -OCH3 is 1. The molecule has 1 aromatic rings. The van der Waals surface area contributed by atoms with Gasteiger partial charge in [0, 0.05) is 25.8 Å². The van der Waals surface area contributed by atoms with Crippen LogP contribution in [0, 0.1) is 10.1 Å². The van der Waals surface area contributed by atoms with Crippen LogP contribution in [-0.2, 0) is 11.3 Å². The fraction of sp³-hybridized carbons (Fsp3) is 0.538. The Bertz CT molecular complexity index is 440. The number of nitro groups is 1. The smallest absolute Gasteiger partial charge is 0.283 e. The maximum atomic E-state index is 10.9.